The van der Waals surface area contributed by atoms with Gasteiger partial charge in [-0.15, -0.1) is 0 Å². The molecule has 0 saturated carbocycles. The maximum Gasteiger partial charge on any atom is 0.129 e. The molecule has 0 aliphatic carbocycles. The quantitative estimate of drug-likeness (QED) is 0.761. The van der Waals surface area contributed by atoms with Crippen LogP contribution in [0.3, 0.4) is 0 Å². The number of fused-ring (bicyclic) bond motifs is 1. The summed E-state index contributed by atoms with van der Waals surface area (Å²) in [5, 5.41) is 21.5. The molecule has 31 heavy (non-hydrogen) atoms. The molecule has 1 fully saturated rings. The van der Waals surface area contributed by atoms with Crippen molar-refractivity contribution in [1.29, 1.82) is 0 Å². The van der Waals surface area contributed by atoms with Crippen molar-refractivity contribution in [2.24, 2.45) is 0 Å². The number of likely N-dealkylation sites (tertiary alicyclic amines) is 1. The van der Waals surface area contributed by atoms with Crippen LogP contribution in [0, 0.1) is 0 Å². The highest BCUT2D eigenvalue weighted by Crippen LogP contribution is 2.45. The molecule has 2 aliphatic heterocycles. The number of aliphatic hydroxyl groups excluding tert-OH is 2. The molecule has 2 atom stereocenters. The fourth-order valence-corrected chi connectivity index (χ4v) is 4.75. The van der Waals surface area contributed by atoms with Gasteiger partial charge in [0, 0.05) is 37.7 Å². The third-order valence-electron chi connectivity index (χ3n) is 6.83. The molecule has 2 heterocycles. The van der Waals surface area contributed by atoms with E-state index in [0.717, 1.165) is 48.6 Å². The summed E-state index contributed by atoms with van der Waals surface area (Å²) in [5.41, 5.74) is 2.82. The fraction of sp³-hybridized carbons (Fsp3) is 0.538. The van der Waals surface area contributed by atoms with E-state index >= 15 is 0 Å². The second-order valence-corrected chi connectivity index (χ2v) is 10.1. The zero-order valence-corrected chi connectivity index (χ0v) is 19.1. The first-order chi connectivity index (χ1) is 14.7. The van der Waals surface area contributed by atoms with E-state index in [-0.39, 0.29) is 11.0 Å². The minimum atomic E-state index is -0.520. The Balaban J connectivity index is 1.37. The highest BCUT2D eigenvalue weighted by atomic mass is 16.5. The first-order valence-electron chi connectivity index (χ1n) is 11.2. The van der Waals surface area contributed by atoms with Crippen molar-refractivity contribution in [1.82, 2.24) is 4.90 Å². The Kier molecular flexibility index (Phi) is 6.03. The number of β-amino-alcohol motifs (C(OH)–C–C–N with tert-alkyl or cyclic N) is 1. The van der Waals surface area contributed by atoms with Gasteiger partial charge in [0.25, 0.3) is 0 Å². The van der Waals surface area contributed by atoms with Crippen LogP contribution in [0.15, 0.2) is 42.5 Å². The van der Waals surface area contributed by atoms with Crippen molar-refractivity contribution in [2.45, 2.75) is 63.3 Å². The smallest absolute Gasteiger partial charge is 0.129 e. The number of benzene rings is 2. The molecule has 0 radical (unpaired) electrons. The second kappa shape index (κ2) is 8.45. The first kappa shape index (κ1) is 22.1. The molecule has 2 aromatic rings. The average molecular weight is 426 g/mol. The molecule has 2 N–H and O–H groups in total. The van der Waals surface area contributed by atoms with E-state index < -0.39 is 12.2 Å². The summed E-state index contributed by atoms with van der Waals surface area (Å²) >= 11 is 0. The van der Waals surface area contributed by atoms with Crippen molar-refractivity contribution in [2.75, 3.05) is 26.7 Å². The van der Waals surface area contributed by atoms with E-state index in [2.05, 4.69) is 37.8 Å². The third kappa shape index (κ3) is 4.74. The second-order valence-electron chi connectivity index (χ2n) is 10.1. The summed E-state index contributed by atoms with van der Waals surface area (Å²) in [6, 6.07) is 13.9. The minimum absolute atomic E-state index is 0.109. The summed E-state index contributed by atoms with van der Waals surface area (Å²) in [5.74, 6) is 1.46. The lowest BCUT2D eigenvalue weighted by molar-refractivity contribution is -0.0588. The van der Waals surface area contributed by atoms with Crippen LogP contribution in [0.4, 0.5) is 0 Å². The van der Waals surface area contributed by atoms with Crippen LogP contribution in [0.2, 0.25) is 0 Å². The standard InChI is InChI=1S/C26H35NO4/c1-25(2,3)19-7-5-18(6-8-19)23(29)17-27-13-11-26(12-14-27)16-22(28)21-10-9-20(30-4)15-24(21)31-26/h5-10,15,22-23,28-29H,11-14,16-17H2,1-4H3. The summed E-state index contributed by atoms with van der Waals surface area (Å²) in [4.78, 5) is 2.30. The molecule has 0 aromatic heterocycles. The van der Waals surface area contributed by atoms with Gasteiger partial charge in [-0.25, -0.2) is 0 Å². The van der Waals surface area contributed by atoms with Crippen LogP contribution < -0.4 is 9.47 Å². The van der Waals surface area contributed by atoms with Crippen LogP contribution in [0.1, 0.15) is 68.9 Å². The van der Waals surface area contributed by atoms with Crippen molar-refractivity contribution in [3.05, 3.63) is 59.2 Å². The summed E-state index contributed by atoms with van der Waals surface area (Å²) in [6.07, 6.45) is 1.24. The highest BCUT2D eigenvalue weighted by Gasteiger charge is 2.43. The topological polar surface area (TPSA) is 62.2 Å². The van der Waals surface area contributed by atoms with Crippen molar-refractivity contribution < 1.29 is 19.7 Å². The summed E-state index contributed by atoms with van der Waals surface area (Å²) in [7, 11) is 1.64. The Hall–Kier alpha value is -2.08. The third-order valence-corrected chi connectivity index (χ3v) is 6.83. The van der Waals surface area contributed by atoms with Crippen LogP contribution >= 0.6 is 0 Å². The molecular formula is C26H35NO4. The maximum atomic E-state index is 10.8. The van der Waals surface area contributed by atoms with Gasteiger partial charge in [0.1, 0.15) is 17.1 Å². The molecule has 0 amide bonds. The van der Waals surface area contributed by atoms with E-state index in [4.69, 9.17) is 9.47 Å². The predicted octanol–water partition coefficient (Wildman–Crippen LogP) is 4.38. The fourth-order valence-electron chi connectivity index (χ4n) is 4.75. The highest BCUT2D eigenvalue weighted by molar-refractivity contribution is 5.44. The van der Waals surface area contributed by atoms with E-state index in [1.54, 1.807) is 7.11 Å². The van der Waals surface area contributed by atoms with Crippen molar-refractivity contribution in [3.63, 3.8) is 0 Å². The molecule has 5 nitrogen and oxygen atoms in total. The molecule has 1 spiro atoms. The molecule has 2 aliphatic rings. The maximum absolute atomic E-state index is 10.8. The van der Waals surface area contributed by atoms with Crippen LogP contribution in [0.25, 0.3) is 0 Å². The number of piperidine rings is 1. The lowest BCUT2D eigenvalue weighted by Crippen LogP contribution is -2.51. The van der Waals surface area contributed by atoms with Crippen LogP contribution in [0.5, 0.6) is 11.5 Å². The van der Waals surface area contributed by atoms with Crippen molar-refractivity contribution >= 4 is 0 Å². The SMILES string of the molecule is COc1ccc2c(c1)OC1(CCN(CC(O)c3ccc(C(C)(C)C)cc3)CC1)CC2O. The van der Waals surface area contributed by atoms with Gasteiger partial charge >= 0.3 is 0 Å². The number of nitrogens with zero attached hydrogens (tertiary/aromatic N) is 1. The Bertz CT molecular complexity index is 895. The van der Waals surface area contributed by atoms with Gasteiger partial charge in [-0.3, -0.25) is 0 Å². The van der Waals surface area contributed by atoms with E-state index in [1.165, 1.54) is 5.56 Å². The molecule has 0 bridgehead atoms. The Morgan fingerprint density at radius 1 is 1.13 bits per heavy atom. The molecule has 2 aromatic carbocycles. The monoisotopic (exact) mass is 425 g/mol. The van der Waals surface area contributed by atoms with E-state index in [9.17, 15) is 10.2 Å². The summed E-state index contributed by atoms with van der Waals surface area (Å²) in [6.45, 7) is 8.87. The van der Waals surface area contributed by atoms with E-state index in [1.807, 2.05) is 30.3 Å². The number of ether oxygens (including phenoxy) is 2. The van der Waals surface area contributed by atoms with Gasteiger partial charge in [0.2, 0.25) is 0 Å². The Labute approximate surface area is 185 Å². The van der Waals surface area contributed by atoms with Gasteiger partial charge in [-0.2, -0.15) is 0 Å². The normalized spacial score (nSPS) is 21.9. The molecule has 1 saturated heterocycles. The Morgan fingerprint density at radius 2 is 1.81 bits per heavy atom. The van der Waals surface area contributed by atoms with Crippen LogP contribution in [-0.4, -0.2) is 47.5 Å². The van der Waals surface area contributed by atoms with Gasteiger partial charge in [0.05, 0.1) is 19.3 Å². The zero-order chi connectivity index (χ0) is 22.2. The number of methoxy groups -OCH3 is 1. The Morgan fingerprint density at radius 3 is 2.42 bits per heavy atom. The lowest BCUT2D eigenvalue weighted by atomic mass is 9.81. The predicted molar refractivity (Wildman–Crippen MR) is 122 cm³/mol. The van der Waals surface area contributed by atoms with Crippen molar-refractivity contribution in [3.8, 4) is 11.5 Å². The number of rotatable bonds is 4. The number of aliphatic hydroxyl groups is 2. The first-order valence-corrected chi connectivity index (χ1v) is 11.2. The molecule has 168 valence electrons. The van der Waals surface area contributed by atoms with E-state index in [0.29, 0.717) is 13.0 Å². The molecule has 4 rings (SSSR count). The van der Waals surface area contributed by atoms with Gasteiger partial charge in [0.15, 0.2) is 0 Å². The van der Waals surface area contributed by atoms with Crippen LogP contribution in [-0.2, 0) is 5.41 Å². The zero-order valence-electron chi connectivity index (χ0n) is 19.1. The van der Waals surface area contributed by atoms with Gasteiger partial charge in [-0.05, 0) is 41.5 Å². The average Bonchev–Trinajstić information content (AvgIpc) is 2.74. The molecular weight excluding hydrogens is 390 g/mol. The summed E-state index contributed by atoms with van der Waals surface area (Å²) < 4.78 is 11.7. The minimum Gasteiger partial charge on any atom is -0.497 e. The van der Waals surface area contributed by atoms with Gasteiger partial charge < -0.3 is 24.6 Å². The number of hydrogen-bond donors (Lipinski definition) is 2. The number of hydrogen-bond acceptors (Lipinski definition) is 5. The molecule has 2 unspecified atom stereocenters. The molecule has 5 heteroatoms. The largest absolute Gasteiger partial charge is 0.497 e. The lowest BCUT2D eigenvalue weighted by Gasteiger charge is -2.46. The van der Waals surface area contributed by atoms with Gasteiger partial charge in [-0.1, -0.05) is 45.0 Å².